The number of methoxy groups -OCH3 is 2. The van der Waals surface area contributed by atoms with Crippen LogP contribution in [0.5, 0.6) is 11.5 Å². The number of para-hydroxylation sites is 1. The Morgan fingerprint density at radius 3 is 2.15 bits per heavy atom. The molecule has 5 rings (SSSR count). The second-order valence-corrected chi connectivity index (χ2v) is 11.9. The Morgan fingerprint density at radius 2 is 1.44 bits per heavy atom. The van der Waals surface area contributed by atoms with E-state index in [0.29, 0.717) is 28.3 Å². The van der Waals surface area contributed by atoms with E-state index in [0.717, 1.165) is 21.7 Å². The normalized spacial score (nSPS) is 11.6. The van der Waals surface area contributed by atoms with Crippen LogP contribution in [0.3, 0.4) is 0 Å². The molecule has 5 aromatic rings. The van der Waals surface area contributed by atoms with E-state index in [9.17, 15) is 14.4 Å². The highest BCUT2D eigenvalue weighted by molar-refractivity contribution is 8.00. The van der Waals surface area contributed by atoms with Gasteiger partial charge in [0.25, 0.3) is 11.8 Å². The van der Waals surface area contributed by atoms with Gasteiger partial charge in [-0.15, -0.1) is 11.8 Å². The number of hydrogen-bond donors (Lipinski definition) is 3. The fourth-order valence-electron chi connectivity index (χ4n) is 4.84. The van der Waals surface area contributed by atoms with Crippen LogP contribution < -0.4 is 25.4 Å². The molecule has 0 fully saturated rings. The number of carbonyl (C=O) groups excluding carboxylic acids is 3. The Balaban J connectivity index is 1.42. The molecule has 0 aromatic heterocycles. The van der Waals surface area contributed by atoms with Gasteiger partial charge in [0.1, 0.15) is 22.4 Å². The molecule has 0 bridgehead atoms. The van der Waals surface area contributed by atoms with Crippen molar-refractivity contribution < 1.29 is 23.9 Å². The van der Waals surface area contributed by atoms with Crippen molar-refractivity contribution >= 4 is 46.9 Å². The Kier molecular flexibility index (Phi) is 11.3. The highest BCUT2D eigenvalue weighted by Gasteiger charge is 2.23. The van der Waals surface area contributed by atoms with E-state index in [1.165, 1.54) is 24.9 Å². The van der Waals surface area contributed by atoms with Crippen molar-refractivity contribution in [2.75, 3.05) is 24.9 Å². The Labute approximate surface area is 284 Å². The fourth-order valence-corrected chi connectivity index (χ4v) is 5.93. The SMILES string of the molecule is COc1ccc(OC)c(/C=C(/NC(=O)c2ccccc2)C(=O)Nc2cccc(SC(C(=O)Nc3ccccc3C)c3ccccc3)c2)c1. The average Bonchev–Trinajstić information content (AvgIpc) is 3.12. The number of ether oxygens (including phenoxy) is 2. The molecule has 1 atom stereocenters. The summed E-state index contributed by atoms with van der Waals surface area (Å²) in [4.78, 5) is 41.4. The Hall–Kier alpha value is -5.80. The quantitative estimate of drug-likeness (QED) is 0.0931. The lowest BCUT2D eigenvalue weighted by Crippen LogP contribution is -2.30. The Morgan fingerprint density at radius 1 is 0.729 bits per heavy atom. The van der Waals surface area contributed by atoms with E-state index < -0.39 is 17.1 Å². The van der Waals surface area contributed by atoms with E-state index in [1.54, 1.807) is 73.8 Å². The molecule has 9 heteroatoms. The molecular weight excluding hydrogens is 623 g/mol. The number of rotatable bonds is 12. The van der Waals surface area contributed by atoms with Crippen molar-refractivity contribution in [3.8, 4) is 11.5 Å². The molecule has 0 saturated heterocycles. The van der Waals surface area contributed by atoms with Crippen molar-refractivity contribution in [2.45, 2.75) is 17.1 Å². The third-order valence-electron chi connectivity index (χ3n) is 7.35. The highest BCUT2D eigenvalue weighted by Crippen LogP contribution is 2.37. The summed E-state index contributed by atoms with van der Waals surface area (Å²) in [5.74, 6) is -0.127. The average molecular weight is 658 g/mol. The number of anilines is 2. The second kappa shape index (κ2) is 16.2. The number of thioether (sulfide) groups is 1. The standard InChI is InChI=1S/C39H35N3O5S/c1-26-13-10-11-20-33(26)41-39(45)36(27-14-6-4-7-15-27)48-32-19-12-18-30(25-32)40-38(44)34(42-37(43)28-16-8-5-9-17-28)24-29-23-31(46-2)21-22-35(29)47-3/h4-25,36H,1-3H3,(H,40,44)(H,41,45)(H,42,43)/b34-24+. The second-order valence-electron chi connectivity index (χ2n) is 10.7. The monoisotopic (exact) mass is 657 g/mol. The molecule has 0 radical (unpaired) electrons. The number of nitrogens with one attached hydrogen (secondary N) is 3. The van der Waals surface area contributed by atoms with Gasteiger partial charge >= 0.3 is 0 Å². The summed E-state index contributed by atoms with van der Waals surface area (Å²) in [6.45, 7) is 1.95. The van der Waals surface area contributed by atoms with Crippen LogP contribution in [-0.4, -0.2) is 31.9 Å². The Bertz CT molecular complexity index is 1930. The molecule has 3 N–H and O–H groups in total. The maximum Gasteiger partial charge on any atom is 0.272 e. The largest absolute Gasteiger partial charge is 0.497 e. The lowest BCUT2D eigenvalue weighted by atomic mass is 10.1. The summed E-state index contributed by atoms with van der Waals surface area (Å²) in [6, 6.07) is 38.2. The van der Waals surface area contributed by atoms with E-state index in [1.807, 2.05) is 67.6 Å². The first-order valence-electron chi connectivity index (χ1n) is 15.1. The maximum atomic E-state index is 13.8. The van der Waals surface area contributed by atoms with Crippen LogP contribution in [0.1, 0.15) is 32.3 Å². The van der Waals surface area contributed by atoms with Gasteiger partial charge in [0.05, 0.1) is 14.2 Å². The minimum Gasteiger partial charge on any atom is -0.497 e. The molecule has 0 spiro atoms. The molecular formula is C39H35N3O5S. The van der Waals surface area contributed by atoms with Crippen molar-refractivity contribution in [2.24, 2.45) is 0 Å². The van der Waals surface area contributed by atoms with Gasteiger partial charge in [0.2, 0.25) is 5.91 Å². The van der Waals surface area contributed by atoms with Gasteiger partial charge in [0.15, 0.2) is 0 Å². The molecule has 0 aliphatic rings. The predicted octanol–water partition coefficient (Wildman–Crippen LogP) is 7.89. The molecule has 48 heavy (non-hydrogen) atoms. The lowest BCUT2D eigenvalue weighted by molar-refractivity contribution is -0.116. The molecule has 0 saturated carbocycles. The molecule has 0 aliphatic heterocycles. The maximum absolute atomic E-state index is 13.8. The van der Waals surface area contributed by atoms with Crippen LogP contribution in [-0.2, 0) is 9.59 Å². The van der Waals surface area contributed by atoms with E-state index in [2.05, 4.69) is 16.0 Å². The first-order chi connectivity index (χ1) is 23.3. The summed E-state index contributed by atoms with van der Waals surface area (Å²) in [5, 5.41) is 8.16. The van der Waals surface area contributed by atoms with Crippen molar-refractivity contribution in [3.05, 3.63) is 155 Å². The van der Waals surface area contributed by atoms with Gasteiger partial charge < -0.3 is 25.4 Å². The summed E-state index contributed by atoms with van der Waals surface area (Å²) in [6.07, 6.45) is 1.54. The minimum absolute atomic E-state index is 0.00627. The number of benzene rings is 5. The zero-order chi connectivity index (χ0) is 33.9. The van der Waals surface area contributed by atoms with Crippen molar-refractivity contribution in [1.82, 2.24) is 5.32 Å². The molecule has 3 amide bonds. The van der Waals surface area contributed by atoms with E-state index in [-0.39, 0.29) is 11.6 Å². The summed E-state index contributed by atoms with van der Waals surface area (Å²) >= 11 is 1.37. The van der Waals surface area contributed by atoms with Crippen LogP contribution in [0.2, 0.25) is 0 Å². The van der Waals surface area contributed by atoms with E-state index >= 15 is 0 Å². The molecule has 242 valence electrons. The number of aryl methyl sites for hydroxylation is 1. The zero-order valence-electron chi connectivity index (χ0n) is 26.7. The van der Waals surface area contributed by atoms with E-state index in [4.69, 9.17) is 9.47 Å². The van der Waals surface area contributed by atoms with Crippen molar-refractivity contribution in [1.29, 1.82) is 0 Å². The molecule has 5 aromatic carbocycles. The summed E-state index contributed by atoms with van der Waals surface area (Å²) in [5.41, 5.74) is 3.94. The van der Waals surface area contributed by atoms with Gasteiger partial charge in [-0.2, -0.15) is 0 Å². The lowest BCUT2D eigenvalue weighted by Gasteiger charge is -2.18. The van der Waals surface area contributed by atoms with Gasteiger partial charge in [-0.1, -0.05) is 72.8 Å². The van der Waals surface area contributed by atoms with Crippen LogP contribution in [0.4, 0.5) is 11.4 Å². The van der Waals surface area contributed by atoms with Crippen LogP contribution in [0.15, 0.2) is 138 Å². The molecule has 0 aliphatic carbocycles. The molecule has 0 heterocycles. The highest BCUT2D eigenvalue weighted by atomic mass is 32.2. The number of amides is 3. The minimum atomic E-state index is -0.571. The van der Waals surface area contributed by atoms with Gasteiger partial charge in [-0.05, 0) is 78.7 Å². The third-order valence-corrected chi connectivity index (χ3v) is 8.60. The zero-order valence-corrected chi connectivity index (χ0v) is 27.5. The van der Waals surface area contributed by atoms with Crippen LogP contribution >= 0.6 is 11.8 Å². The number of carbonyl (C=O) groups is 3. The smallest absolute Gasteiger partial charge is 0.272 e. The van der Waals surface area contributed by atoms with Gasteiger partial charge in [-0.25, -0.2) is 0 Å². The van der Waals surface area contributed by atoms with Crippen LogP contribution in [0.25, 0.3) is 6.08 Å². The summed E-state index contributed by atoms with van der Waals surface area (Å²) in [7, 11) is 3.06. The third kappa shape index (κ3) is 8.71. The van der Waals surface area contributed by atoms with Gasteiger partial charge in [-0.3, -0.25) is 14.4 Å². The fraction of sp³-hybridized carbons (Fsp3) is 0.103. The van der Waals surface area contributed by atoms with Crippen LogP contribution in [0, 0.1) is 6.92 Å². The van der Waals surface area contributed by atoms with Gasteiger partial charge in [0, 0.05) is 27.4 Å². The first kappa shape index (κ1) is 33.6. The van der Waals surface area contributed by atoms with Crippen molar-refractivity contribution in [3.63, 3.8) is 0 Å². The molecule has 8 nitrogen and oxygen atoms in total. The molecule has 1 unspecified atom stereocenters. The summed E-state index contributed by atoms with van der Waals surface area (Å²) < 4.78 is 10.9. The topological polar surface area (TPSA) is 106 Å². The first-order valence-corrected chi connectivity index (χ1v) is 16.0. The number of hydrogen-bond acceptors (Lipinski definition) is 6. The predicted molar refractivity (Wildman–Crippen MR) is 191 cm³/mol.